The quantitative estimate of drug-likeness (QED) is 0.737. The van der Waals surface area contributed by atoms with E-state index in [1.807, 2.05) is 4.90 Å². The standard InChI is InChI=1S/C13H22N4O2/c1-15-4-5-16(13(15)19)9-12(18)17-7-10-2-3-11(8-17)14-6-10/h10-11,14H,2-9H2,1H3/t10-,11-/m0/s1. The third-order valence-corrected chi connectivity index (χ3v) is 4.52. The average Bonchev–Trinajstić information content (AvgIpc) is 2.66. The Hall–Kier alpha value is -1.30. The van der Waals surface area contributed by atoms with Gasteiger partial charge in [0.1, 0.15) is 6.54 Å². The van der Waals surface area contributed by atoms with Gasteiger partial charge in [-0.25, -0.2) is 4.79 Å². The first-order chi connectivity index (χ1) is 9.13. The fourth-order valence-electron chi connectivity index (χ4n) is 3.26. The average molecular weight is 266 g/mol. The lowest BCUT2D eigenvalue weighted by atomic mass is 9.97. The van der Waals surface area contributed by atoms with Gasteiger partial charge in [-0.1, -0.05) is 0 Å². The summed E-state index contributed by atoms with van der Waals surface area (Å²) in [5.74, 6) is 0.684. The first-order valence-corrected chi connectivity index (χ1v) is 7.14. The Balaban J connectivity index is 1.60. The Labute approximate surface area is 113 Å². The minimum atomic E-state index is -0.0238. The fraction of sp³-hybridized carbons (Fsp3) is 0.846. The summed E-state index contributed by atoms with van der Waals surface area (Å²) in [6, 6.07) is 0.420. The third-order valence-electron chi connectivity index (χ3n) is 4.52. The van der Waals surface area contributed by atoms with Crippen molar-refractivity contribution in [3.8, 4) is 0 Å². The van der Waals surface area contributed by atoms with Crippen molar-refractivity contribution in [2.45, 2.75) is 18.9 Å². The molecule has 6 heteroatoms. The van der Waals surface area contributed by atoms with Gasteiger partial charge in [0.2, 0.25) is 5.91 Å². The second kappa shape index (κ2) is 5.00. The Morgan fingerprint density at radius 2 is 2.16 bits per heavy atom. The van der Waals surface area contributed by atoms with E-state index < -0.39 is 0 Å². The molecule has 4 aliphatic heterocycles. The molecule has 106 valence electrons. The summed E-state index contributed by atoms with van der Waals surface area (Å²) in [6.07, 6.45) is 2.38. The molecule has 0 aromatic heterocycles. The van der Waals surface area contributed by atoms with E-state index in [1.54, 1.807) is 16.8 Å². The molecule has 4 saturated heterocycles. The van der Waals surface area contributed by atoms with Crippen LogP contribution in [0.1, 0.15) is 12.8 Å². The van der Waals surface area contributed by atoms with Gasteiger partial charge >= 0.3 is 6.03 Å². The Bertz CT molecular complexity index is 365. The lowest BCUT2D eigenvalue weighted by molar-refractivity contribution is -0.132. The topological polar surface area (TPSA) is 55.9 Å². The first-order valence-electron chi connectivity index (χ1n) is 7.14. The van der Waals surface area contributed by atoms with E-state index in [1.165, 1.54) is 12.8 Å². The van der Waals surface area contributed by atoms with Gasteiger partial charge in [0, 0.05) is 39.3 Å². The number of nitrogens with zero attached hydrogens (tertiary/aromatic N) is 3. The van der Waals surface area contributed by atoms with Crippen molar-refractivity contribution in [1.29, 1.82) is 0 Å². The van der Waals surface area contributed by atoms with Crippen molar-refractivity contribution in [2.75, 3.05) is 46.3 Å². The highest BCUT2D eigenvalue weighted by molar-refractivity contribution is 5.85. The second-order valence-corrected chi connectivity index (χ2v) is 5.97. The van der Waals surface area contributed by atoms with Crippen molar-refractivity contribution in [1.82, 2.24) is 20.0 Å². The normalized spacial score (nSPS) is 31.0. The number of amides is 3. The molecule has 6 nitrogen and oxygen atoms in total. The highest BCUT2D eigenvalue weighted by atomic mass is 16.2. The van der Waals surface area contributed by atoms with E-state index in [0.717, 1.165) is 26.2 Å². The lowest BCUT2D eigenvalue weighted by Crippen LogP contribution is -2.45. The van der Waals surface area contributed by atoms with Gasteiger partial charge in [-0.3, -0.25) is 4.79 Å². The van der Waals surface area contributed by atoms with E-state index >= 15 is 0 Å². The summed E-state index contributed by atoms with van der Waals surface area (Å²) in [6.45, 7) is 4.30. The number of carbonyl (C=O) groups is 2. The number of piperidine rings is 1. The van der Waals surface area contributed by atoms with Crippen LogP contribution in [0.4, 0.5) is 4.79 Å². The predicted octanol–water partition coefficient (Wildman–Crippen LogP) is -0.436. The Kier molecular flexibility index (Phi) is 3.35. The number of carbonyl (C=O) groups excluding carboxylic acids is 2. The molecular formula is C13H22N4O2. The number of hydrogen-bond donors (Lipinski definition) is 1. The van der Waals surface area contributed by atoms with Crippen molar-refractivity contribution >= 4 is 11.9 Å². The molecule has 0 saturated carbocycles. The molecule has 1 N–H and O–H groups in total. The van der Waals surface area contributed by atoms with Gasteiger partial charge in [0.25, 0.3) is 0 Å². The zero-order chi connectivity index (χ0) is 13.4. The summed E-state index contributed by atoms with van der Waals surface area (Å²) in [4.78, 5) is 29.4. The molecule has 19 heavy (non-hydrogen) atoms. The maximum atomic E-state index is 12.4. The number of hydrogen-bond acceptors (Lipinski definition) is 3. The van der Waals surface area contributed by atoms with E-state index in [9.17, 15) is 9.59 Å². The SMILES string of the molecule is CN1CCN(CC(=O)N2C[C@H]3CC[C@@H](C2)NC3)C1=O. The highest BCUT2D eigenvalue weighted by Crippen LogP contribution is 2.21. The zero-order valence-corrected chi connectivity index (χ0v) is 11.5. The van der Waals surface area contributed by atoms with Gasteiger partial charge in [-0.05, 0) is 25.3 Å². The number of urea groups is 1. The van der Waals surface area contributed by atoms with Gasteiger partial charge in [-0.2, -0.15) is 0 Å². The summed E-state index contributed by atoms with van der Waals surface area (Å²) in [7, 11) is 1.78. The minimum Gasteiger partial charge on any atom is -0.339 e. The number of rotatable bonds is 2. The van der Waals surface area contributed by atoms with Gasteiger partial charge in [0.05, 0.1) is 0 Å². The van der Waals surface area contributed by atoms with Crippen LogP contribution < -0.4 is 5.32 Å². The molecule has 4 heterocycles. The minimum absolute atomic E-state index is 0.0238. The first kappa shape index (κ1) is 12.7. The van der Waals surface area contributed by atoms with Crippen LogP contribution in [0.2, 0.25) is 0 Å². The van der Waals surface area contributed by atoms with Crippen LogP contribution in [-0.4, -0.2) is 79.0 Å². The fourth-order valence-corrected chi connectivity index (χ4v) is 3.26. The summed E-state index contributed by atoms with van der Waals surface area (Å²) >= 11 is 0. The molecule has 2 bridgehead atoms. The smallest absolute Gasteiger partial charge is 0.320 e. The summed E-state index contributed by atoms with van der Waals surface area (Å²) < 4.78 is 0. The molecular weight excluding hydrogens is 244 g/mol. The van der Waals surface area contributed by atoms with E-state index in [2.05, 4.69) is 5.32 Å². The van der Waals surface area contributed by atoms with Crippen LogP contribution in [0.25, 0.3) is 0 Å². The summed E-state index contributed by atoms with van der Waals surface area (Å²) in [5, 5.41) is 3.49. The molecule has 0 radical (unpaired) electrons. The van der Waals surface area contributed by atoms with Crippen LogP contribution in [0, 0.1) is 5.92 Å². The summed E-state index contributed by atoms with van der Waals surface area (Å²) in [5.41, 5.74) is 0. The largest absolute Gasteiger partial charge is 0.339 e. The molecule has 0 aromatic carbocycles. The second-order valence-electron chi connectivity index (χ2n) is 5.97. The molecule has 2 atom stereocenters. The maximum Gasteiger partial charge on any atom is 0.320 e. The van der Waals surface area contributed by atoms with Gasteiger partial charge in [0.15, 0.2) is 0 Å². The van der Waals surface area contributed by atoms with Crippen molar-refractivity contribution in [3.05, 3.63) is 0 Å². The van der Waals surface area contributed by atoms with Gasteiger partial charge in [-0.15, -0.1) is 0 Å². The van der Waals surface area contributed by atoms with Crippen molar-refractivity contribution in [3.63, 3.8) is 0 Å². The van der Waals surface area contributed by atoms with Crippen LogP contribution in [-0.2, 0) is 4.79 Å². The molecule has 4 rings (SSSR count). The molecule has 0 aliphatic carbocycles. The highest BCUT2D eigenvalue weighted by Gasteiger charge is 2.33. The van der Waals surface area contributed by atoms with E-state index in [0.29, 0.717) is 18.5 Å². The van der Waals surface area contributed by atoms with Crippen LogP contribution in [0.5, 0.6) is 0 Å². The van der Waals surface area contributed by atoms with E-state index in [-0.39, 0.29) is 18.5 Å². The van der Waals surface area contributed by atoms with Crippen LogP contribution >= 0.6 is 0 Å². The molecule has 4 aliphatic rings. The molecule has 0 aromatic rings. The third kappa shape index (κ3) is 2.54. The molecule has 3 amide bonds. The Morgan fingerprint density at radius 1 is 1.32 bits per heavy atom. The van der Waals surface area contributed by atoms with Gasteiger partial charge < -0.3 is 20.0 Å². The van der Waals surface area contributed by atoms with Crippen LogP contribution in [0.15, 0.2) is 0 Å². The molecule has 0 spiro atoms. The van der Waals surface area contributed by atoms with Crippen molar-refractivity contribution in [2.24, 2.45) is 5.92 Å². The van der Waals surface area contributed by atoms with Crippen molar-refractivity contribution < 1.29 is 9.59 Å². The van der Waals surface area contributed by atoms with Crippen LogP contribution in [0.3, 0.4) is 0 Å². The molecule has 0 unspecified atom stereocenters. The predicted molar refractivity (Wildman–Crippen MR) is 70.7 cm³/mol. The number of likely N-dealkylation sites (N-methyl/N-ethyl adjacent to an activating group) is 1. The molecule has 4 fully saturated rings. The maximum absolute atomic E-state index is 12.4. The monoisotopic (exact) mass is 266 g/mol. The Morgan fingerprint density at radius 3 is 2.79 bits per heavy atom. The number of nitrogens with one attached hydrogen (secondary N) is 1. The van der Waals surface area contributed by atoms with E-state index in [4.69, 9.17) is 0 Å². The zero-order valence-electron chi connectivity index (χ0n) is 11.5. The lowest BCUT2D eigenvalue weighted by Gasteiger charge is -2.25. The number of fused-ring (bicyclic) bond motifs is 4.